The first kappa shape index (κ1) is 14.8. The SMILES string of the molecule is CC(c1cnccn1)N1CCNCC1C(=O)O.Cl. The fourth-order valence-electron chi connectivity index (χ4n) is 2.11. The van der Waals surface area contributed by atoms with Gasteiger partial charge < -0.3 is 10.4 Å². The maximum atomic E-state index is 11.2. The largest absolute Gasteiger partial charge is 0.480 e. The summed E-state index contributed by atoms with van der Waals surface area (Å²) in [6.45, 7) is 3.94. The van der Waals surface area contributed by atoms with Crippen LogP contribution in [0.15, 0.2) is 18.6 Å². The van der Waals surface area contributed by atoms with Crippen molar-refractivity contribution in [2.24, 2.45) is 0 Å². The van der Waals surface area contributed by atoms with Gasteiger partial charge in [0.05, 0.1) is 11.7 Å². The minimum absolute atomic E-state index is 0. The number of carboxylic acids is 1. The molecule has 1 saturated heterocycles. The van der Waals surface area contributed by atoms with Gasteiger partial charge in [0.2, 0.25) is 0 Å². The van der Waals surface area contributed by atoms with E-state index >= 15 is 0 Å². The summed E-state index contributed by atoms with van der Waals surface area (Å²) < 4.78 is 0. The average molecular weight is 273 g/mol. The van der Waals surface area contributed by atoms with Crippen LogP contribution in [0, 0.1) is 0 Å². The second kappa shape index (κ2) is 6.63. The third-order valence-corrected chi connectivity index (χ3v) is 3.08. The molecule has 2 rings (SSSR count). The summed E-state index contributed by atoms with van der Waals surface area (Å²) in [5, 5.41) is 12.3. The van der Waals surface area contributed by atoms with Crippen LogP contribution in [-0.2, 0) is 4.79 Å². The summed E-state index contributed by atoms with van der Waals surface area (Å²) in [4.78, 5) is 21.4. The van der Waals surface area contributed by atoms with Crippen LogP contribution in [0.3, 0.4) is 0 Å². The third-order valence-electron chi connectivity index (χ3n) is 3.08. The van der Waals surface area contributed by atoms with Crippen molar-refractivity contribution in [1.82, 2.24) is 20.2 Å². The number of hydrogen-bond acceptors (Lipinski definition) is 5. The molecule has 6 nitrogen and oxygen atoms in total. The van der Waals surface area contributed by atoms with E-state index in [4.69, 9.17) is 0 Å². The fraction of sp³-hybridized carbons (Fsp3) is 0.545. The number of piperazine rings is 1. The lowest BCUT2D eigenvalue weighted by molar-refractivity contribution is -0.145. The Morgan fingerprint density at radius 1 is 1.61 bits per heavy atom. The van der Waals surface area contributed by atoms with E-state index in [1.165, 1.54) is 0 Å². The highest BCUT2D eigenvalue weighted by molar-refractivity contribution is 5.85. The Balaban J connectivity index is 0.00000162. The lowest BCUT2D eigenvalue weighted by Gasteiger charge is -2.37. The molecule has 100 valence electrons. The molecule has 0 aliphatic carbocycles. The number of nitrogens with one attached hydrogen (secondary N) is 1. The van der Waals surface area contributed by atoms with Crippen LogP contribution in [-0.4, -0.2) is 51.6 Å². The highest BCUT2D eigenvalue weighted by Crippen LogP contribution is 2.21. The van der Waals surface area contributed by atoms with Gasteiger partial charge >= 0.3 is 5.97 Å². The smallest absolute Gasteiger partial charge is 0.322 e. The highest BCUT2D eigenvalue weighted by atomic mass is 35.5. The zero-order valence-electron chi connectivity index (χ0n) is 10.1. The first-order valence-electron chi connectivity index (χ1n) is 5.65. The van der Waals surface area contributed by atoms with Crippen molar-refractivity contribution < 1.29 is 9.90 Å². The zero-order chi connectivity index (χ0) is 12.3. The standard InChI is InChI=1S/C11H16N4O2.ClH/c1-8(9-6-12-2-3-14-9)15-5-4-13-7-10(15)11(16)17;/h2-3,6,8,10,13H,4-5,7H2,1H3,(H,16,17);1H. The van der Waals surface area contributed by atoms with Crippen molar-refractivity contribution in [3.63, 3.8) is 0 Å². The number of aliphatic carboxylic acids is 1. The first-order chi connectivity index (χ1) is 8.20. The van der Waals surface area contributed by atoms with E-state index in [-0.39, 0.29) is 18.4 Å². The second-order valence-corrected chi connectivity index (χ2v) is 4.10. The average Bonchev–Trinajstić information content (AvgIpc) is 2.39. The Bertz CT molecular complexity index is 390. The second-order valence-electron chi connectivity index (χ2n) is 4.10. The molecule has 2 unspecified atom stereocenters. The third kappa shape index (κ3) is 3.16. The van der Waals surface area contributed by atoms with Crippen LogP contribution in [0.5, 0.6) is 0 Å². The van der Waals surface area contributed by atoms with Gasteiger partial charge in [-0.2, -0.15) is 0 Å². The quantitative estimate of drug-likeness (QED) is 0.825. The molecule has 0 aromatic carbocycles. The molecular weight excluding hydrogens is 256 g/mol. The van der Waals surface area contributed by atoms with Crippen molar-refractivity contribution >= 4 is 18.4 Å². The van der Waals surface area contributed by atoms with E-state index in [1.807, 2.05) is 11.8 Å². The molecule has 1 fully saturated rings. The van der Waals surface area contributed by atoms with E-state index in [9.17, 15) is 9.90 Å². The molecule has 18 heavy (non-hydrogen) atoms. The van der Waals surface area contributed by atoms with E-state index in [0.29, 0.717) is 13.1 Å². The van der Waals surface area contributed by atoms with Crippen molar-refractivity contribution in [2.45, 2.75) is 19.0 Å². The molecule has 0 radical (unpaired) electrons. The maximum absolute atomic E-state index is 11.2. The van der Waals surface area contributed by atoms with Gasteiger partial charge in [-0.05, 0) is 6.92 Å². The van der Waals surface area contributed by atoms with Crippen molar-refractivity contribution in [2.75, 3.05) is 19.6 Å². The number of rotatable bonds is 3. The van der Waals surface area contributed by atoms with Gasteiger partial charge in [-0.15, -0.1) is 12.4 Å². The van der Waals surface area contributed by atoms with E-state index in [0.717, 1.165) is 12.2 Å². The normalized spacial score (nSPS) is 21.9. The molecule has 0 saturated carbocycles. The van der Waals surface area contributed by atoms with Gasteiger partial charge in [-0.25, -0.2) is 0 Å². The summed E-state index contributed by atoms with van der Waals surface area (Å²) in [6.07, 6.45) is 4.93. The minimum atomic E-state index is -0.798. The summed E-state index contributed by atoms with van der Waals surface area (Å²) >= 11 is 0. The van der Waals surface area contributed by atoms with Crippen molar-refractivity contribution in [1.29, 1.82) is 0 Å². The van der Waals surface area contributed by atoms with Gasteiger partial charge in [0.1, 0.15) is 6.04 Å². The van der Waals surface area contributed by atoms with Crippen molar-refractivity contribution in [3.05, 3.63) is 24.3 Å². The summed E-state index contributed by atoms with van der Waals surface area (Å²) in [5.41, 5.74) is 0.806. The first-order valence-corrected chi connectivity index (χ1v) is 5.65. The lowest BCUT2D eigenvalue weighted by atomic mass is 10.1. The number of carbonyl (C=O) groups is 1. The molecule has 1 aromatic heterocycles. The Morgan fingerprint density at radius 3 is 3.00 bits per heavy atom. The lowest BCUT2D eigenvalue weighted by Crippen LogP contribution is -2.55. The Hall–Kier alpha value is -1.24. The molecule has 0 bridgehead atoms. The molecule has 1 aromatic rings. The monoisotopic (exact) mass is 272 g/mol. The Kier molecular flexibility index (Phi) is 5.46. The highest BCUT2D eigenvalue weighted by Gasteiger charge is 2.32. The van der Waals surface area contributed by atoms with Crippen LogP contribution >= 0.6 is 12.4 Å². The fourth-order valence-corrected chi connectivity index (χ4v) is 2.11. The minimum Gasteiger partial charge on any atom is -0.480 e. The number of hydrogen-bond donors (Lipinski definition) is 2. The van der Waals surface area contributed by atoms with E-state index in [1.54, 1.807) is 18.6 Å². The maximum Gasteiger partial charge on any atom is 0.322 e. The molecule has 2 atom stereocenters. The zero-order valence-corrected chi connectivity index (χ0v) is 10.9. The molecule has 1 aliphatic heterocycles. The molecule has 0 spiro atoms. The van der Waals surface area contributed by atoms with Crippen LogP contribution < -0.4 is 5.32 Å². The predicted octanol–water partition coefficient (Wildman–Crippen LogP) is 0.318. The van der Waals surface area contributed by atoms with Gasteiger partial charge in [-0.1, -0.05) is 0 Å². The molecular formula is C11H17ClN4O2. The van der Waals surface area contributed by atoms with Gasteiger partial charge in [0.25, 0.3) is 0 Å². The van der Waals surface area contributed by atoms with Crippen LogP contribution in [0.1, 0.15) is 18.7 Å². The topological polar surface area (TPSA) is 78.4 Å². The van der Waals surface area contributed by atoms with Crippen LogP contribution in [0.4, 0.5) is 0 Å². The van der Waals surface area contributed by atoms with Crippen LogP contribution in [0.2, 0.25) is 0 Å². The Labute approximate surface area is 112 Å². The molecule has 2 N–H and O–H groups in total. The number of aromatic nitrogens is 2. The van der Waals surface area contributed by atoms with E-state index in [2.05, 4.69) is 15.3 Å². The number of carboxylic acid groups (broad SMARTS) is 1. The summed E-state index contributed by atoms with van der Waals surface area (Å²) in [7, 11) is 0. The van der Waals surface area contributed by atoms with Gasteiger partial charge in [0, 0.05) is 38.2 Å². The number of nitrogens with zero attached hydrogens (tertiary/aromatic N) is 3. The van der Waals surface area contributed by atoms with E-state index < -0.39 is 12.0 Å². The predicted molar refractivity (Wildman–Crippen MR) is 68.7 cm³/mol. The molecule has 1 aliphatic rings. The Morgan fingerprint density at radius 2 is 2.39 bits per heavy atom. The summed E-state index contributed by atoms with van der Waals surface area (Å²) in [5.74, 6) is -0.798. The van der Waals surface area contributed by atoms with Crippen LogP contribution in [0.25, 0.3) is 0 Å². The molecule has 2 heterocycles. The molecule has 7 heteroatoms. The number of halogens is 1. The molecule has 0 amide bonds. The van der Waals surface area contributed by atoms with Gasteiger partial charge in [-0.3, -0.25) is 19.7 Å². The van der Waals surface area contributed by atoms with Gasteiger partial charge in [0.15, 0.2) is 0 Å². The summed E-state index contributed by atoms with van der Waals surface area (Å²) in [6, 6.07) is -0.535. The van der Waals surface area contributed by atoms with Crippen molar-refractivity contribution in [3.8, 4) is 0 Å².